The summed E-state index contributed by atoms with van der Waals surface area (Å²) in [5.41, 5.74) is 1.19. The van der Waals surface area contributed by atoms with Gasteiger partial charge in [0, 0.05) is 18.6 Å². The molecule has 0 fully saturated rings. The van der Waals surface area contributed by atoms with Crippen LogP contribution in [0.3, 0.4) is 0 Å². The van der Waals surface area contributed by atoms with Crippen LogP contribution in [0.1, 0.15) is 25.5 Å². The van der Waals surface area contributed by atoms with Gasteiger partial charge in [-0.15, -0.1) is 0 Å². The van der Waals surface area contributed by atoms with E-state index >= 15 is 0 Å². The minimum Gasteiger partial charge on any atom is -0.497 e. The highest BCUT2D eigenvalue weighted by molar-refractivity contribution is 5.31. The van der Waals surface area contributed by atoms with Crippen LogP contribution in [0.15, 0.2) is 24.3 Å². The largest absolute Gasteiger partial charge is 0.497 e. The predicted octanol–water partition coefficient (Wildman–Crippen LogP) is 2.56. The van der Waals surface area contributed by atoms with Gasteiger partial charge in [-0.1, -0.05) is 26.0 Å². The average Bonchev–Trinajstić information content (AvgIpc) is 2.34. The first kappa shape index (κ1) is 15.0. The van der Waals surface area contributed by atoms with Crippen LogP contribution < -0.4 is 4.74 Å². The number of benzene rings is 1. The van der Waals surface area contributed by atoms with Crippen molar-refractivity contribution in [1.29, 1.82) is 0 Å². The minimum absolute atomic E-state index is 0.192. The Labute approximate surface area is 110 Å². The monoisotopic (exact) mass is 251 g/mol. The fourth-order valence-electron chi connectivity index (χ4n) is 2.43. The first-order valence-electron chi connectivity index (χ1n) is 6.42. The van der Waals surface area contributed by atoms with E-state index in [0.717, 1.165) is 5.75 Å². The molecule has 0 saturated heterocycles. The molecule has 0 aromatic heterocycles. The third-order valence-electron chi connectivity index (χ3n) is 3.46. The second kappa shape index (κ2) is 6.76. The van der Waals surface area contributed by atoms with Crippen molar-refractivity contribution in [3.8, 4) is 5.75 Å². The van der Waals surface area contributed by atoms with Crippen molar-refractivity contribution in [3.63, 3.8) is 0 Å². The van der Waals surface area contributed by atoms with Crippen LogP contribution in [-0.2, 0) is 0 Å². The van der Waals surface area contributed by atoms with Gasteiger partial charge in [0.15, 0.2) is 0 Å². The van der Waals surface area contributed by atoms with Gasteiger partial charge in [0.25, 0.3) is 0 Å². The zero-order valence-electron chi connectivity index (χ0n) is 12.1. The lowest BCUT2D eigenvalue weighted by atomic mass is 9.84. The molecule has 102 valence electrons. The highest BCUT2D eigenvalue weighted by Gasteiger charge is 2.27. The lowest BCUT2D eigenvalue weighted by Crippen LogP contribution is -2.32. The van der Waals surface area contributed by atoms with E-state index in [1.54, 1.807) is 7.11 Å². The van der Waals surface area contributed by atoms with E-state index < -0.39 is 0 Å². The molecule has 2 atom stereocenters. The third-order valence-corrected chi connectivity index (χ3v) is 3.46. The van der Waals surface area contributed by atoms with Gasteiger partial charge in [0.2, 0.25) is 0 Å². The van der Waals surface area contributed by atoms with Gasteiger partial charge in [-0.25, -0.2) is 0 Å². The molecule has 0 saturated carbocycles. The molecule has 1 aromatic rings. The maximum absolute atomic E-state index is 9.65. The average molecular weight is 251 g/mol. The molecule has 0 aliphatic heterocycles. The Balaban J connectivity index is 3.10. The van der Waals surface area contributed by atoms with Crippen LogP contribution >= 0.6 is 0 Å². The molecule has 18 heavy (non-hydrogen) atoms. The Kier molecular flexibility index (Phi) is 5.63. The van der Waals surface area contributed by atoms with Crippen molar-refractivity contribution >= 4 is 0 Å². The number of hydrogen-bond donors (Lipinski definition) is 1. The first-order chi connectivity index (χ1) is 8.51. The molecule has 0 aliphatic carbocycles. The molecule has 0 amide bonds. The van der Waals surface area contributed by atoms with E-state index in [1.165, 1.54) is 5.56 Å². The van der Waals surface area contributed by atoms with Crippen LogP contribution in [-0.4, -0.2) is 37.8 Å². The summed E-state index contributed by atoms with van der Waals surface area (Å²) in [5.74, 6) is 1.50. The topological polar surface area (TPSA) is 32.7 Å². The predicted molar refractivity (Wildman–Crippen MR) is 74.8 cm³/mol. The molecule has 0 bridgehead atoms. The SMILES string of the molecule is COc1cccc(C(C(CO)C(C)C)N(C)C)c1. The Morgan fingerprint density at radius 1 is 1.28 bits per heavy atom. The van der Waals surface area contributed by atoms with E-state index in [9.17, 15) is 5.11 Å². The van der Waals surface area contributed by atoms with Crippen LogP contribution in [0.2, 0.25) is 0 Å². The molecule has 2 unspecified atom stereocenters. The van der Waals surface area contributed by atoms with E-state index in [2.05, 4.69) is 45.0 Å². The van der Waals surface area contributed by atoms with Crippen molar-refractivity contribution in [2.24, 2.45) is 11.8 Å². The molecule has 3 heteroatoms. The molecule has 0 radical (unpaired) electrons. The van der Waals surface area contributed by atoms with E-state index in [4.69, 9.17) is 4.74 Å². The number of methoxy groups -OCH3 is 1. The summed E-state index contributed by atoms with van der Waals surface area (Å²) in [6, 6.07) is 8.29. The van der Waals surface area contributed by atoms with Gasteiger partial charge in [0.1, 0.15) is 5.75 Å². The summed E-state index contributed by atoms with van der Waals surface area (Å²) in [5, 5.41) is 9.65. The smallest absolute Gasteiger partial charge is 0.119 e. The Hall–Kier alpha value is -1.06. The summed E-state index contributed by atoms with van der Waals surface area (Å²) in [4.78, 5) is 2.16. The third kappa shape index (κ3) is 3.47. The molecule has 0 spiro atoms. The highest BCUT2D eigenvalue weighted by atomic mass is 16.5. The van der Waals surface area contributed by atoms with Crippen molar-refractivity contribution < 1.29 is 9.84 Å². The summed E-state index contributed by atoms with van der Waals surface area (Å²) >= 11 is 0. The highest BCUT2D eigenvalue weighted by Crippen LogP contribution is 2.33. The quantitative estimate of drug-likeness (QED) is 0.843. The van der Waals surface area contributed by atoms with Crippen molar-refractivity contribution in [1.82, 2.24) is 4.90 Å². The Morgan fingerprint density at radius 2 is 1.94 bits per heavy atom. The molecule has 1 aromatic carbocycles. The molecule has 1 N–H and O–H groups in total. The van der Waals surface area contributed by atoms with E-state index in [1.807, 2.05) is 12.1 Å². The zero-order chi connectivity index (χ0) is 13.7. The van der Waals surface area contributed by atoms with Gasteiger partial charge in [-0.2, -0.15) is 0 Å². The number of ether oxygens (including phenoxy) is 1. The zero-order valence-corrected chi connectivity index (χ0v) is 12.1. The Bertz CT molecular complexity index is 363. The van der Waals surface area contributed by atoms with Crippen molar-refractivity contribution in [2.75, 3.05) is 27.8 Å². The summed E-state index contributed by atoms with van der Waals surface area (Å²) in [6.45, 7) is 4.49. The van der Waals surface area contributed by atoms with Gasteiger partial charge >= 0.3 is 0 Å². The summed E-state index contributed by atoms with van der Waals surface area (Å²) in [7, 11) is 5.78. The lowest BCUT2D eigenvalue weighted by molar-refractivity contribution is 0.100. The van der Waals surface area contributed by atoms with Gasteiger partial charge in [0.05, 0.1) is 7.11 Å². The molecule has 3 nitrogen and oxygen atoms in total. The number of rotatable bonds is 6. The number of nitrogens with zero attached hydrogens (tertiary/aromatic N) is 1. The normalized spacial score (nSPS) is 14.9. The first-order valence-corrected chi connectivity index (χ1v) is 6.42. The molecular weight excluding hydrogens is 226 g/mol. The summed E-state index contributed by atoms with van der Waals surface area (Å²) < 4.78 is 5.28. The van der Waals surface area contributed by atoms with E-state index in [0.29, 0.717) is 5.92 Å². The number of aliphatic hydroxyl groups excluding tert-OH is 1. The van der Waals surface area contributed by atoms with Crippen LogP contribution in [0.25, 0.3) is 0 Å². The van der Waals surface area contributed by atoms with E-state index in [-0.39, 0.29) is 18.6 Å². The van der Waals surface area contributed by atoms with Crippen LogP contribution in [0.4, 0.5) is 0 Å². The lowest BCUT2D eigenvalue weighted by Gasteiger charge is -2.34. The van der Waals surface area contributed by atoms with Crippen LogP contribution in [0, 0.1) is 11.8 Å². The molecular formula is C15H25NO2. The molecule has 0 aliphatic rings. The maximum atomic E-state index is 9.65. The van der Waals surface area contributed by atoms with Gasteiger partial charge in [-0.05, 0) is 37.7 Å². The van der Waals surface area contributed by atoms with Crippen LogP contribution in [0.5, 0.6) is 5.75 Å². The fourth-order valence-corrected chi connectivity index (χ4v) is 2.43. The van der Waals surface area contributed by atoms with Gasteiger partial charge in [-0.3, -0.25) is 0 Å². The fraction of sp³-hybridized carbons (Fsp3) is 0.600. The number of aliphatic hydroxyl groups is 1. The Morgan fingerprint density at radius 3 is 2.39 bits per heavy atom. The van der Waals surface area contributed by atoms with Crippen molar-refractivity contribution in [3.05, 3.63) is 29.8 Å². The van der Waals surface area contributed by atoms with Crippen molar-refractivity contribution in [2.45, 2.75) is 19.9 Å². The second-order valence-electron chi connectivity index (χ2n) is 5.28. The van der Waals surface area contributed by atoms with Gasteiger partial charge < -0.3 is 14.7 Å². The molecule has 1 rings (SSSR count). The standard InChI is InChI=1S/C15H25NO2/c1-11(2)14(10-17)15(16(3)4)12-7-6-8-13(9-12)18-5/h6-9,11,14-15,17H,10H2,1-5H3. The summed E-state index contributed by atoms with van der Waals surface area (Å²) in [6.07, 6.45) is 0. The minimum atomic E-state index is 0.192. The maximum Gasteiger partial charge on any atom is 0.119 e. The molecule has 0 heterocycles. The second-order valence-corrected chi connectivity index (χ2v) is 5.28. The number of hydrogen-bond acceptors (Lipinski definition) is 3.